The molecule has 1 aromatic heterocycles. The van der Waals surface area contributed by atoms with E-state index in [1.54, 1.807) is 0 Å². The maximum atomic E-state index is 12.0. The van der Waals surface area contributed by atoms with Crippen LogP contribution in [0, 0.1) is 6.92 Å². The van der Waals surface area contributed by atoms with Crippen LogP contribution >= 0.6 is 0 Å². The van der Waals surface area contributed by atoms with Gasteiger partial charge in [-0.3, -0.25) is 9.69 Å². The number of fused-ring (bicyclic) bond motifs is 1. The summed E-state index contributed by atoms with van der Waals surface area (Å²) in [6, 6.07) is 3.30. The lowest BCUT2D eigenvalue weighted by Crippen LogP contribution is -2.24. The number of aromatic hydroxyl groups is 1. The van der Waals surface area contributed by atoms with Crippen LogP contribution in [0.1, 0.15) is 62.6 Å². The molecule has 1 aromatic carbocycles. The Labute approximate surface area is 171 Å². The summed E-state index contributed by atoms with van der Waals surface area (Å²) in [5.74, 6) is -0.169. The van der Waals surface area contributed by atoms with Crippen LogP contribution in [0.2, 0.25) is 0 Å². The van der Waals surface area contributed by atoms with Crippen molar-refractivity contribution in [1.29, 1.82) is 0 Å². The van der Waals surface area contributed by atoms with E-state index in [9.17, 15) is 14.7 Å². The summed E-state index contributed by atoms with van der Waals surface area (Å²) in [4.78, 5) is 26.3. The number of carbonyl (C=O) groups excluding carboxylic acids is 1. The van der Waals surface area contributed by atoms with Crippen LogP contribution in [-0.2, 0) is 22.5 Å². The molecule has 1 saturated heterocycles. The van der Waals surface area contributed by atoms with Gasteiger partial charge in [0.05, 0.1) is 11.7 Å². The third-order valence-electron chi connectivity index (χ3n) is 5.44. The van der Waals surface area contributed by atoms with Crippen molar-refractivity contribution >= 4 is 16.9 Å². The average Bonchev–Trinajstić information content (AvgIpc) is 2.91. The fraction of sp³-hybridized carbons (Fsp3) is 0.565. The minimum atomic E-state index is -0.417. The molecule has 0 aliphatic carbocycles. The SMILES string of the molecule is Cc1cc(=O)oc2c(CN3CCCCCC3)c(O)c(CCC(=O)OC(C)C)cc12. The number of aryl methyl sites for hydroxylation is 2. The van der Waals surface area contributed by atoms with E-state index >= 15 is 0 Å². The number of rotatable bonds is 6. The topological polar surface area (TPSA) is 80.0 Å². The van der Waals surface area contributed by atoms with Crippen molar-refractivity contribution in [2.75, 3.05) is 13.1 Å². The Balaban J connectivity index is 1.98. The minimum absolute atomic E-state index is 0.118. The zero-order valence-electron chi connectivity index (χ0n) is 17.6. The van der Waals surface area contributed by atoms with E-state index in [1.807, 2.05) is 26.8 Å². The molecule has 6 heteroatoms. The third-order valence-corrected chi connectivity index (χ3v) is 5.44. The predicted molar refractivity (Wildman–Crippen MR) is 112 cm³/mol. The van der Waals surface area contributed by atoms with Gasteiger partial charge in [-0.05, 0) is 70.3 Å². The van der Waals surface area contributed by atoms with Crippen LogP contribution in [0.15, 0.2) is 21.3 Å². The van der Waals surface area contributed by atoms with Crippen molar-refractivity contribution in [2.24, 2.45) is 0 Å². The second-order valence-electron chi connectivity index (χ2n) is 8.22. The van der Waals surface area contributed by atoms with E-state index in [4.69, 9.17) is 9.15 Å². The van der Waals surface area contributed by atoms with Crippen molar-refractivity contribution < 1.29 is 19.1 Å². The van der Waals surface area contributed by atoms with Gasteiger partial charge in [0.2, 0.25) is 0 Å². The van der Waals surface area contributed by atoms with Gasteiger partial charge in [-0.2, -0.15) is 0 Å². The number of hydrogen-bond donors (Lipinski definition) is 1. The first-order chi connectivity index (χ1) is 13.8. The molecule has 0 unspecified atom stereocenters. The largest absolute Gasteiger partial charge is 0.507 e. The number of hydrogen-bond acceptors (Lipinski definition) is 6. The molecule has 1 fully saturated rings. The standard InChI is InChI=1S/C23H31NO5/c1-15(2)28-20(25)9-8-17-13-18-16(3)12-21(26)29-23(18)19(22(17)27)14-24-10-6-4-5-7-11-24/h12-13,15,27H,4-11,14H2,1-3H3. The molecule has 0 saturated carbocycles. The van der Waals surface area contributed by atoms with Crippen LogP contribution in [0.5, 0.6) is 5.75 Å². The quantitative estimate of drug-likeness (QED) is 0.581. The van der Waals surface area contributed by atoms with Crippen LogP contribution in [0.25, 0.3) is 11.0 Å². The van der Waals surface area contributed by atoms with Gasteiger partial charge in [0, 0.05) is 24.4 Å². The average molecular weight is 402 g/mol. The summed E-state index contributed by atoms with van der Waals surface area (Å²) in [7, 11) is 0. The number of ether oxygens (including phenoxy) is 1. The molecule has 2 heterocycles. The highest BCUT2D eigenvalue weighted by atomic mass is 16.5. The summed E-state index contributed by atoms with van der Waals surface area (Å²) < 4.78 is 10.7. The molecule has 29 heavy (non-hydrogen) atoms. The van der Waals surface area contributed by atoms with Gasteiger partial charge in [0.25, 0.3) is 0 Å². The molecule has 0 radical (unpaired) electrons. The van der Waals surface area contributed by atoms with Crippen molar-refractivity contribution in [3.05, 3.63) is 39.2 Å². The third kappa shape index (κ3) is 5.38. The lowest BCUT2D eigenvalue weighted by atomic mass is 9.98. The molecular formula is C23H31NO5. The highest BCUT2D eigenvalue weighted by Crippen LogP contribution is 2.34. The first kappa shape index (κ1) is 21.4. The van der Waals surface area contributed by atoms with Crippen molar-refractivity contribution in [3.63, 3.8) is 0 Å². The molecular weight excluding hydrogens is 370 g/mol. The van der Waals surface area contributed by atoms with E-state index in [-0.39, 0.29) is 24.2 Å². The Kier molecular flexibility index (Phi) is 6.96. The molecule has 0 bridgehead atoms. The fourth-order valence-electron chi connectivity index (χ4n) is 3.98. The summed E-state index contributed by atoms with van der Waals surface area (Å²) in [5, 5.41) is 11.8. The highest BCUT2D eigenvalue weighted by molar-refractivity contribution is 5.86. The second kappa shape index (κ2) is 9.44. The first-order valence-corrected chi connectivity index (χ1v) is 10.5. The molecule has 0 atom stereocenters. The maximum Gasteiger partial charge on any atom is 0.336 e. The van der Waals surface area contributed by atoms with Gasteiger partial charge in [-0.1, -0.05) is 12.8 Å². The van der Waals surface area contributed by atoms with Gasteiger partial charge in [-0.25, -0.2) is 4.79 Å². The van der Waals surface area contributed by atoms with Crippen LogP contribution < -0.4 is 5.63 Å². The van der Waals surface area contributed by atoms with E-state index < -0.39 is 5.63 Å². The fourth-order valence-corrected chi connectivity index (χ4v) is 3.98. The number of likely N-dealkylation sites (tertiary alicyclic amines) is 1. The molecule has 1 N–H and O–H groups in total. The van der Waals surface area contributed by atoms with Gasteiger partial charge in [0.1, 0.15) is 11.3 Å². The molecule has 6 nitrogen and oxygen atoms in total. The molecule has 0 spiro atoms. The van der Waals surface area contributed by atoms with Crippen LogP contribution in [0.4, 0.5) is 0 Å². The van der Waals surface area contributed by atoms with Crippen molar-refractivity contribution in [1.82, 2.24) is 4.90 Å². The normalized spacial score (nSPS) is 15.6. The molecule has 1 aliphatic rings. The number of phenols is 1. The predicted octanol–water partition coefficient (Wildman–Crippen LogP) is 4.07. The van der Waals surface area contributed by atoms with Gasteiger partial charge in [-0.15, -0.1) is 0 Å². The Hall–Kier alpha value is -2.34. The van der Waals surface area contributed by atoms with Gasteiger partial charge < -0.3 is 14.3 Å². The van der Waals surface area contributed by atoms with Gasteiger partial charge >= 0.3 is 11.6 Å². The lowest BCUT2D eigenvalue weighted by molar-refractivity contribution is -0.147. The lowest BCUT2D eigenvalue weighted by Gasteiger charge is -2.22. The summed E-state index contributed by atoms with van der Waals surface area (Å²) in [6.07, 6.45) is 5.09. The number of carbonyl (C=O) groups is 1. The monoisotopic (exact) mass is 401 g/mol. The van der Waals surface area contributed by atoms with E-state index in [0.717, 1.165) is 36.9 Å². The summed E-state index contributed by atoms with van der Waals surface area (Å²) >= 11 is 0. The number of esters is 1. The summed E-state index contributed by atoms with van der Waals surface area (Å²) in [6.45, 7) is 7.94. The molecule has 158 valence electrons. The Bertz CT molecular complexity index is 923. The summed E-state index contributed by atoms with van der Waals surface area (Å²) in [5.41, 5.74) is 2.15. The van der Waals surface area contributed by atoms with Crippen LogP contribution in [-0.4, -0.2) is 35.2 Å². The van der Waals surface area contributed by atoms with E-state index in [0.29, 0.717) is 29.7 Å². The zero-order chi connectivity index (χ0) is 21.0. The Morgan fingerprint density at radius 1 is 1.21 bits per heavy atom. The number of phenolic OH excluding ortho intramolecular Hbond substituents is 1. The Morgan fingerprint density at radius 3 is 2.55 bits per heavy atom. The smallest absolute Gasteiger partial charge is 0.336 e. The van der Waals surface area contributed by atoms with Crippen molar-refractivity contribution in [2.45, 2.75) is 71.9 Å². The van der Waals surface area contributed by atoms with E-state index in [2.05, 4.69) is 4.90 Å². The Morgan fingerprint density at radius 2 is 1.90 bits per heavy atom. The molecule has 0 amide bonds. The molecule has 1 aliphatic heterocycles. The number of benzene rings is 1. The van der Waals surface area contributed by atoms with Gasteiger partial charge in [0.15, 0.2) is 0 Å². The molecule has 3 rings (SSSR count). The molecule has 2 aromatic rings. The van der Waals surface area contributed by atoms with Crippen LogP contribution in [0.3, 0.4) is 0 Å². The maximum absolute atomic E-state index is 12.0. The second-order valence-corrected chi connectivity index (χ2v) is 8.22. The number of nitrogens with zero attached hydrogens (tertiary/aromatic N) is 1. The minimum Gasteiger partial charge on any atom is -0.507 e. The highest BCUT2D eigenvalue weighted by Gasteiger charge is 2.21. The van der Waals surface area contributed by atoms with E-state index in [1.165, 1.54) is 18.9 Å². The van der Waals surface area contributed by atoms with Crippen molar-refractivity contribution in [3.8, 4) is 5.75 Å². The first-order valence-electron chi connectivity index (χ1n) is 10.5. The zero-order valence-corrected chi connectivity index (χ0v) is 17.6.